The molecule has 1 saturated heterocycles. The third kappa shape index (κ3) is 3.07. The quantitative estimate of drug-likeness (QED) is 0.856. The number of aromatic nitrogens is 2. The van der Waals surface area contributed by atoms with Gasteiger partial charge in [0.05, 0.1) is 5.69 Å². The monoisotopic (exact) mass is 236 g/mol. The maximum atomic E-state index is 4.54. The zero-order valence-corrected chi connectivity index (χ0v) is 11.4. The van der Waals surface area contributed by atoms with Crippen LogP contribution in [0.2, 0.25) is 0 Å². The summed E-state index contributed by atoms with van der Waals surface area (Å²) in [4.78, 5) is 2.38. The van der Waals surface area contributed by atoms with Crippen molar-refractivity contribution in [1.29, 1.82) is 0 Å². The largest absolute Gasteiger partial charge is 0.308 e. The molecule has 0 radical (unpaired) electrons. The number of nitrogens with one attached hydrogen (secondary N) is 1. The minimum absolute atomic E-state index is 0.499. The van der Waals surface area contributed by atoms with Crippen LogP contribution < -0.4 is 5.32 Å². The van der Waals surface area contributed by atoms with E-state index in [1.165, 1.54) is 24.2 Å². The lowest BCUT2D eigenvalue weighted by Gasteiger charge is -2.13. The molecular weight excluding hydrogens is 212 g/mol. The normalized spacial score (nSPS) is 21.6. The third-order valence-electron chi connectivity index (χ3n) is 3.46. The Labute approximate surface area is 104 Å². The molecule has 4 heteroatoms. The SMILES string of the molecule is CC(C)c1nn(C)cc1CNC1CCN(C)C1. The lowest BCUT2D eigenvalue weighted by atomic mass is 10.1. The highest BCUT2D eigenvalue weighted by Crippen LogP contribution is 2.17. The fraction of sp³-hybridized carbons (Fsp3) is 0.769. The molecule has 0 amide bonds. The average Bonchev–Trinajstić information content (AvgIpc) is 2.82. The van der Waals surface area contributed by atoms with Crippen LogP contribution in [-0.2, 0) is 13.6 Å². The first-order valence-corrected chi connectivity index (χ1v) is 6.50. The van der Waals surface area contributed by atoms with Crippen molar-refractivity contribution in [1.82, 2.24) is 20.0 Å². The van der Waals surface area contributed by atoms with Crippen molar-refractivity contribution in [2.24, 2.45) is 7.05 Å². The standard InChI is InChI=1S/C13H24N4/c1-10(2)13-11(8-17(4)15-13)7-14-12-5-6-16(3)9-12/h8,10,12,14H,5-7,9H2,1-4H3. The molecule has 2 heterocycles. The first kappa shape index (κ1) is 12.6. The Balaban J connectivity index is 1.94. The number of hydrogen-bond donors (Lipinski definition) is 1. The van der Waals surface area contributed by atoms with Crippen LogP contribution in [0.1, 0.15) is 37.4 Å². The molecule has 1 N–H and O–H groups in total. The Hall–Kier alpha value is -0.870. The molecule has 0 spiro atoms. The molecule has 1 aromatic rings. The lowest BCUT2D eigenvalue weighted by Crippen LogP contribution is -2.31. The molecule has 1 unspecified atom stereocenters. The zero-order chi connectivity index (χ0) is 12.4. The first-order valence-electron chi connectivity index (χ1n) is 6.50. The van der Waals surface area contributed by atoms with Crippen LogP contribution in [0.3, 0.4) is 0 Å². The second-order valence-corrected chi connectivity index (χ2v) is 5.50. The van der Waals surface area contributed by atoms with Gasteiger partial charge >= 0.3 is 0 Å². The Morgan fingerprint density at radius 3 is 2.82 bits per heavy atom. The van der Waals surface area contributed by atoms with Gasteiger partial charge in [0.15, 0.2) is 0 Å². The summed E-state index contributed by atoms with van der Waals surface area (Å²) in [6.07, 6.45) is 3.40. The van der Waals surface area contributed by atoms with E-state index < -0.39 is 0 Å². The van der Waals surface area contributed by atoms with Crippen LogP contribution in [0, 0.1) is 0 Å². The van der Waals surface area contributed by atoms with Gasteiger partial charge in [-0.1, -0.05) is 13.8 Å². The summed E-state index contributed by atoms with van der Waals surface area (Å²) in [6.45, 7) is 7.73. The van der Waals surface area contributed by atoms with Gasteiger partial charge in [0.2, 0.25) is 0 Å². The molecule has 0 aromatic carbocycles. The van der Waals surface area contributed by atoms with Crippen molar-refractivity contribution in [3.8, 4) is 0 Å². The van der Waals surface area contributed by atoms with E-state index in [4.69, 9.17) is 0 Å². The second kappa shape index (κ2) is 5.19. The van der Waals surface area contributed by atoms with E-state index in [1.54, 1.807) is 0 Å². The van der Waals surface area contributed by atoms with Gasteiger partial charge in [-0.05, 0) is 25.9 Å². The van der Waals surface area contributed by atoms with Gasteiger partial charge in [0.1, 0.15) is 0 Å². The van der Waals surface area contributed by atoms with Gasteiger partial charge in [0, 0.05) is 37.9 Å². The highest BCUT2D eigenvalue weighted by molar-refractivity contribution is 5.20. The van der Waals surface area contributed by atoms with Crippen LogP contribution in [0.4, 0.5) is 0 Å². The molecule has 96 valence electrons. The van der Waals surface area contributed by atoms with Crippen molar-refractivity contribution in [3.05, 3.63) is 17.5 Å². The van der Waals surface area contributed by atoms with Crippen molar-refractivity contribution in [3.63, 3.8) is 0 Å². The smallest absolute Gasteiger partial charge is 0.0694 e. The van der Waals surface area contributed by atoms with Gasteiger partial charge in [0.25, 0.3) is 0 Å². The van der Waals surface area contributed by atoms with Crippen LogP contribution in [-0.4, -0.2) is 40.9 Å². The van der Waals surface area contributed by atoms with Crippen molar-refractivity contribution in [2.75, 3.05) is 20.1 Å². The van der Waals surface area contributed by atoms with E-state index in [-0.39, 0.29) is 0 Å². The Morgan fingerprint density at radius 1 is 1.47 bits per heavy atom. The first-order chi connectivity index (χ1) is 8.06. The number of rotatable bonds is 4. The van der Waals surface area contributed by atoms with Gasteiger partial charge in [-0.15, -0.1) is 0 Å². The van der Waals surface area contributed by atoms with E-state index in [2.05, 4.69) is 42.4 Å². The van der Waals surface area contributed by atoms with Crippen LogP contribution in [0.25, 0.3) is 0 Å². The summed E-state index contributed by atoms with van der Waals surface area (Å²) < 4.78 is 1.92. The molecule has 2 rings (SSSR count). The second-order valence-electron chi connectivity index (χ2n) is 5.50. The molecular formula is C13H24N4. The minimum atomic E-state index is 0.499. The fourth-order valence-corrected chi connectivity index (χ4v) is 2.53. The topological polar surface area (TPSA) is 33.1 Å². The Bertz CT molecular complexity index is 369. The molecule has 1 aromatic heterocycles. The van der Waals surface area contributed by atoms with E-state index in [0.29, 0.717) is 12.0 Å². The lowest BCUT2D eigenvalue weighted by molar-refractivity contribution is 0.397. The Kier molecular flexibility index (Phi) is 3.84. The summed E-state index contributed by atoms with van der Waals surface area (Å²) in [6, 6.07) is 0.639. The van der Waals surface area contributed by atoms with Crippen molar-refractivity contribution < 1.29 is 0 Å². The Morgan fingerprint density at radius 2 is 2.24 bits per heavy atom. The average molecular weight is 236 g/mol. The minimum Gasteiger partial charge on any atom is -0.308 e. The summed E-state index contributed by atoms with van der Waals surface area (Å²) in [5, 5.41) is 8.18. The summed E-state index contributed by atoms with van der Waals surface area (Å²) in [5.74, 6) is 0.499. The van der Waals surface area contributed by atoms with Crippen molar-refractivity contribution in [2.45, 2.75) is 38.8 Å². The fourth-order valence-electron chi connectivity index (χ4n) is 2.53. The summed E-state index contributed by atoms with van der Waals surface area (Å²) in [7, 11) is 4.18. The number of aryl methyl sites for hydroxylation is 1. The van der Waals surface area contributed by atoms with Gasteiger partial charge in [-0.3, -0.25) is 4.68 Å². The third-order valence-corrected chi connectivity index (χ3v) is 3.46. The molecule has 1 aliphatic rings. The maximum Gasteiger partial charge on any atom is 0.0694 e. The predicted octanol–water partition coefficient (Wildman–Crippen LogP) is 1.34. The molecule has 0 saturated carbocycles. The van der Waals surface area contributed by atoms with Gasteiger partial charge in [-0.2, -0.15) is 5.10 Å². The molecule has 1 aliphatic heterocycles. The van der Waals surface area contributed by atoms with Crippen LogP contribution in [0.5, 0.6) is 0 Å². The summed E-state index contributed by atoms with van der Waals surface area (Å²) in [5.41, 5.74) is 2.57. The maximum absolute atomic E-state index is 4.54. The van der Waals surface area contributed by atoms with E-state index in [9.17, 15) is 0 Å². The van der Waals surface area contributed by atoms with E-state index >= 15 is 0 Å². The number of likely N-dealkylation sites (N-methyl/N-ethyl adjacent to an activating group) is 1. The molecule has 1 atom stereocenters. The molecule has 0 bridgehead atoms. The molecule has 1 fully saturated rings. The van der Waals surface area contributed by atoms with E-state index in [1.807, 2.05) is 11.7 Å². The zero-order valence-electron chi connectivity index (χ0n) is 11.4. The van der Waals surface area contributed by atoms with Gasteiger partial charge < -0.3 is 10.2 Å². The molecule has 0 aliphatic carbocycles. The van der Waals surface area contributed by atoms with Crippen LogP contribution >= 0.6 is 0 Å². The number of hydrogen-bond acceptors (Lipinski definition) is 3. The highest BCUT2D eigenvalue weighted by Gasteiger charge is 2.19. The molecule has 17 heavy (non-hydrogen) atoms. The van der Waals surface area contributed by atoms with Crippen LogP contribution in [0.15, 0.2) is 6.20 Å². The number of nitrogens with zero attached hydrogens (tertiary/aromatic N) is 3. The van der Waals surface area contributed by atoms with Gasteiger partial charge in [-0.25, -0.2) is 0 Å². The number of likely N-dealkylation sites (tertiary alicyclic amines) is 1. The predicted molar refractivity (Wildman–Crippen MR) is 70.0 cm³/mol. The van der Waals surface area contributed by atoms with E-state index in [0.717, 1.165) is 13.1 Å². The summed E-state index contributed by atoms with van der Waals surface area (Å²) >= 11 is 0. The molecule has 4 nitrogen and oxygen atoms in total. The van der Waals surface area contributed by atoms with Crippen molar-refractivity contribution >= 4 is 0 Å². The highest BCUT2D eigenvalue weighted by atomic mass is 15.3.